The molecule has 0 saturated heterocycles. The summed E-state index contributed by atoms with van der Waals surface area (Å²) in [5.74, 6) is -0.416. The van der Waals surface area contributed by atoms with Gasteiger partial charge in [0.25, 0.3) is 11.8 Å². The summed E-state index contributed by atoms with van der Waals surface area (Å²) in [6, 6.07) is 10.6. The Morgan fingerprint density at radius 2 is 1.80 bits per heavy atom. The first kappa shape index (κ1) is 16.9. The lowest BCUT2D eigenvalue weighted by Crippen LogP contribution is -2.18. The summed E-state index contributed by atoms with van der Waals surface area (Å²) in [5, 5.41) is 6.17. The molecule has 2 amide bonds. The fourth-order valence-corrected chi connectivity index (χ4v) is 3.33. The molecule has 0 fully saturated rings. The van der Waals surface area contributed by atoms with Gasteiger partial charge in [0.2, 0.25) is 0 Å². The SMILES string of the molecule is CCc1sc(-n2cccc2)nc1C(=O)Nc1ccc(C(=O)NC)cc1. The standard InChI is InChI=1S/C18H18N4O2S/c1-3-14-15(21-18(25-14)22-10-4-5-11-22)17(24)20-13-8-6-12(7-9-13)16(23)19-2/h4-11H,3H2,1-2H3,(H,19,23)(H,20,24). The fourth-order valence-electron chi connectivity index (χ4n) is 2.37. The number of carbonyl (C=O) groups excluding carboxylic acids is 2. The molecule has 2 aromatic heterocycles. The molecule has 3 aromatic rings. The Labute approximate surface area is 149 Å². The van der Waals surface area contributed by atoms with Crippen LogP contribution in [-0.2, 0) is 6.42 Å². The number of thiazole rings is 1. The van der Waals surface area contributed by atoms with Crippen LogP contribution in [0.3, 0.4) is 0 Å². The molecule has 0 aliphatic heterocycles. The van der Waals surface area contributed by atoms with Crippen molar-refractivity contribution >= 4 is 28.8 Å². The van der Waals surface area contributed by atoms with Gasteiger partial charge >= 0.3 is 0 Å². The minimum absolute atomic E-state index is 0.165. The molecular weight excluding hydrogens is 336 g/mol. The Hall–Kier alpha value is -2.93. The lowest BCUT2D eigenvalue weighted by atomic mass is 10.2. The van der Waals surface area contributed by atoms with E-state index in [0.717, 1.165) is 16.4 Å². The monoisotopic (exact) mass is 354 g/mol. The van der Waals surface area contributed by atoms with E-state index in [0.29, 0.717) is 16.9 Å². The van der Waals surface area contributed by atoms with Crippen LogP contribution < -0.4 is 10.6 Å². The van der Waals surface area contributed by atoms with E-state index in [4.69, 9.17) is 0 Å². The predicted molar refractivity (Wildman–Crippen MR) is 98.6 cm³/mol. The molecule has 0 radical (unpaired) electrons. The smallest absolute Gasteiger partial charge is 0.275 e. The first-order valence-electron chi connectivity index (χ1n) is 7.89. The second-order valence-electron chi connectivity index (χ2n) is 5.32. The lowest BCUT2D eigenvalue weighted by molar-refractivity contribution is 0.0962. The molecule has 1 aromatic carbocycles. The maximum atomic E-state index is 12.6. The van der Waals surface area contributed by atoms with Crippen molar-refractivity contribution in [1.82, 2.24) is 14.9 Å². The average Bonchev–Trinajstić information content (AvgIpc) is 3.30. The van der Waals surface area contributed by atoms with Gasteiger partial charge in [-0.25, -0.2) is 4.98 Å². The molecule has 128 valence electrons. The summed E-state index contributed by atoms with van der Waals surface area (Å²) >= 11 is 1.50. The fraction of sp³-hybridized carbons (Fsp3) is 0.167. The minimum Gasteiger partial charge on any atom is -0.355 e. The maximum absolute atomic E-state index is 12.6. The largest absolute Gasteiger partial charge is 0.355 e. The van der Waals surface area contributed by atoms with Crippen LogP contribution in [-0.4, -0.2) is 28.4 Å². The zero-order valence-electron chi connectivity index (χ0n) is 13.9. The second kappa shape index (κ2) is 7.31. The Balaban J connectivity index is 1.80. The zero-order valence-corrected chi connectivity index (χ0v) is 14.8. The Bertz CT molecular complexity index is 882. The second-order valence-corrected chi connectivity index (χ2v) is 6.38. The predicted octanol–water partition coefficient (Wildman–Crippen LogP) is 3.11. The number of aryl methyl sites for hydroxylation is 1. The number of rotatable bonds is 5. The van der Waals surface area contributed by atoms with E-state index in [2.05, 4.69) is 15.6 Å². The highest BCUT2D eigenvalue weighted by Gasteiger charge is 2.18. The number of benzene rings is 1. The summed E-state index contributed by atoms with van der Waals surface area (Å²) in [6.07, 6.45) is 4.53. The normalized spacial score (nSPS) is 10.5. The van der Waals surface area contributed by atoms with E-state index >= 15 is 0 Å². The maximum Gasteiger partial charge on any atom is 0.275 e. The van der Waals surface area contributed by atoms with Gasteiger partial charge in [0.1, 0.15) is 5.69 Å². The third-order valence-electron chi connectivity index (χ3n) is 3.68. The number of aromatic nitrogens is 2. The quantitative estimate of drug-likeness (QED) is 0.739. The van der Waals surface area contributed by atoms with Gasteiger partial charge in [-0.15, -0.1) is 11.3 Å². The minimum atomic E-state index is -0.251. The van der Waals surface area contributed by atoms with Gasteiger partial charge in [-0.05, 0) is 42.8 Å². The number of amides is 2. The summed E-state index contributed by atoms with van der Waals surface area (Å²) in [5.41, 5.74) is 1.60. The molecule has 0 aliphatic carbocycles. The van der Waals surface area contributed by atoms with Crippen molar-refractivity contribution in [2.45, 2.75) is 13.3 Å². The van der Waals surface area contributed by atoms with Crippen LogP contribution in [0.15, 0.2) is 48.8 Å². The zero-order chi connectivity index (χ0) is 17.8. The molecule has 0 saturated carbocycles. The number of nitrogens with one attached hydrogen (secondary N) is 2. The van der Waals surface area contributed by atoms with Gasteiger partial charge in [-0.2, -0.15) is 0 Å². The van der Waals surface area contributed by atoms with Crippen LogP contribution in [0, 0.1) is 0 Å². The van der Waals surface area contributed by atoms with Gasteiger partial charge in [-0.3, -0.25) is 9.59 Å². The highest BCUT2D eigenvalue weighted by Crippen LogP contribution is 2.24. The summed E-state index contributed by atoms with van der Waals surface area (Å²) in [6.45, 7) is 2.00. The molecule has 2 N–H and O–H groups in total. The van der Waals surface area contributed by atoms with Crippen LogP contribution in [0.1, 0.15) is 32.6 Å². The topological polar surface area (TPSA) is 76.0 Å². The molecule has 0 unspecified atom stereocenters. The first-order valence-corrected chi connectivity index (χ1v) is 8.70. The number of anilines is 1. The summed E-state index contributed by atoms with van der Waals surface area (Å²) in [4.78, 5) is 29.6. The van der Waals surface area contributed by atoms with E-state index in [1.54, 1.807) is 31.3 Å². The summed E-state index contributed by atoms with van der Waals surface area (Å²) < 4.78 is 1.89. The molecule has 0 bridgehead atoms. The van der Waals surface area contributed by atoms with E-state index in [9.17, 15) is 9.59 Å². The van der Waals surface area contributed by atoms with Gasteiger partial charge in [-0.1, -0.05) is 6.92 Å². The van der Waals surface area contributed by atoms with Gasteiger partial charge in [0.15, 0.2) is 5.13 Å². The molecule has 3 rings (SSSR count). The van der Waals surface area contributed by atoms with E-state index < -0.39 is 0 Å². The van der Waals surface area contributed by atoms with E-state index in [-0.39, 0.29) is 11.8 Å². The molecule has 2 heterocycles. The molecular formula is C18H18N4O2S. The molecule has 0 spiro atoms. The van der Waals surface area contributed by atoms with Gasteiger partial charge in [0, 0.05) is 35.6 Å². The van der Waals surface area contributed by atoms with Crippen LogP contribution in [0.4, 0.5) is 5.69 Å². The van der Waals surface area contributed by atoms with Crippen LogP contribution >= 0.6 is 11.3 Å². The lowest BCUT2D eigenvalue weighted by Gasteiger charge is -2.05. The van der Waals surface area contributed by atoms with Crippen LogP contribution in [0.2, 0.25) is 0 Å². The first-order chi connectivity index (χ1) is 12.1. The number of hydrogen-bond donors (Lipinski definition) is 2. The molecule has 6 nitrogen and oxygen atoms in total. The van der Waals surface area contributed by atoms with Crippen molar-refractivity contribution in [3.05, 3.63) is 64.9 Å². The van der Waals surface area contributed by atoms with Gasteiger partial charge < -0.3 is 15.2 Å². The van der Waals surface area contributed by atoms with Crippen molar-refractivity contribution in [2.24, 2.45) is 0 Å². The van der Waals surface area contributed by atoms with Crippen molar-refractivity contribution < 1.29 is 9.59 Å². The number of nitrogens with zero attached hydrogens (tertiary/aromatic N) is 2. The van der Waals surface area contributed by atoms with Crippen molar-refractivity contribution in [1.29, 1.82) is 0 Å². The van der Waals surface area contributed by atoms with Crippen molar-refractivity contribution in [2.75, 3.05) is 12.4 Å². The molecule has 0 aliphatic rings. The number of hydrogen-bond acceptors (Lipinski definition) is 4. The highest BCUT2D eigenvalue weighted by atomic mass is 32.1. The van der Waals surface area contributed by atoms with Crippen molar-refractivity contribution in [3.63, 3.8) is 0 Å². The highest BCUT2D eigenvalue weighted by molar-refractivity contribution is 7.14. The van der Waals surface area contributed by atoms with Crippen LogP contribution in [0.25, 0.3) is 5.13 Å². The third-order valence-corrected chi connectivity index (χ3v) is 4.89. The van der Waals surface area contributed by atoms with E-state index in [1.807, 2.05) is 36.0 Å². The Morgan fingerprint density at radius 1 is 1.12 bits per heavy atom. The molecule has 0 atom stereocenters. The van der Waals surface area contributed by atoms with E-state index in [1.165, 1.54) is 11.3 Å². The third kappa shape index (κ3) is 3.61. The van der Waals surface area contributed by atoms with Gasteiger partial charge in [0.05, 0.1) is 0 Å². The molecule has 25 heavy (non-hydrogen) atoms. The van der Waals surface area contributed by atoms with Crippen molar-refractivity contribution in [3.8, 4) is 5.13 Å². The Morgan fingerprint density at radius 3 is 2.40 bits per heavy atom. The summed E-state index contributed by atoms with van der Waals surface area (Å²) in [7, 11) is 1.58. The molecule has 7 heteroatoms. The average molecular weight is 354 g/mol. The Kier molecular flexibility index (Phi) is 4.95. The van der Waals surface area contributed by atoms with Crippen LogP contribution in [0.5, 0.6) is 0 Å². The number of carbonyl (C=O) groups is 2.